The summed E-state index contributed by atoms with van der Waals surface area (Å²) in [5, 5.41) is 7.74. The first-order valence-corrected chi connectivity index (χ1v) is 6.82. The highest BCUT2D eigenvalue weighted by molar-refractivity contribution is 5.86. The SMILES string of the molecule is O=C(Cc1noc2ccccc12)NCCc1ccncc1. The molecule has 106 valence electrons. The summed E-state index contributed by atoms with van der Waals surface area (Å²) in [6.07, 6.45) is 4.51. The summed E-state index contributed by atoms with van der Waals surface area (Å²) in [4.78, 5) is 15.9. The fraction of sp³-hybridized carbons (Fsp3) is 0.188. The van der Waals surface area contributed by atoms with E-state index in [0.29, 0.717) is 17.8 Å². The zero-order valence-electron chi connectivity index (χ0n) is 11.5. The van der Waals surface area contributed by atoms with Crippen LogP contribution in [0.25, 0.3) is 11.0 Å². The van der Waals surface area contributed by atoms with E-state index in [-0.39, 0.29) is 12.3 Å². The summed E-state index contributed by atoms with van der Waals surface area (Å²) in [7, 11) is 0. The van der Waals surface area contributed by atoms with Gasteiger partial charge in [0.05, 0.1) is 6.42 Å². The second kappa shape index (κ2) is 6.17. The summed E-state index contributed by atoms with van der Waals surface area (Å²) >= 11 is 0. The lowest BCUT2D eigenvalue weighted by Crippen LogP contribution is -2.27. The molecule has 0 fully saturated rings. The number of hydrogen-bond donors (Lipinski definition) is 1. The Kier molecular flexibility index (Phi) is 3.91. The van der Waals surface area contributed by atoms with Crippen LogP contribution in [-0.2, 0) is 17.6 Å². The smallest absolute Gasteiger partial charge is 0.226 e. The Morgan fingerprint density at radius 3 is 2.81 bits per heavy atom. The van der Waals surface area contributed by atoms with Crippen molar-refractivity contribution in [3.63, 3.8) is 0 Å². The summed E-state index contributed by atoms with van der Waals surface area (Å²) in [6, 6.07) is 11.4. The number of benzene rings is 1. The van der Waals surface area contributed by atoms with Crippen LogP contribution in [0.3, 0.4) is 0 Å². The van der Waals surface area contributed by atoms with Gasteiger partial charge in [0.25, 0.3) is 0 Å². The minimum Gasteiger partial charge on any atom is -0.356 e. The van der Waals surface area contributed by atoms with Gasteiger partial charge in [-0.05, 0) is 36.2 Å². The number of fused-ring (bicyclic) bond motifs is 1. The minimum atomic E-state index is -0.0527. The lowest BCUT2D eigenvalue weighted by atomic mass is 10.1. The molecule has 0 aliphatic carbocycles. The van der Waals surface area contributed by atoms with Crippen LogP contribution in [0.2, 0.25) is 0 Å². The summed E-state index contributed by atoms with van der Waals surface area (Å²) in [6.45, 7) is 0.596. The predicted molar refractivity (Wildman–Crippen MR) is 78.7 cm³/mol. The quantitative estimate of drug-likeness (QED) is 0.778. The Morgan fingerprint density at radius 1 is 1.14 bits per heavy atom. The lowest BCUT2D eigenvalue weighted by Gasteiger charge is -2.04. The molecule has 0 radical (unpaired) electrons. The molecule has 0 aliphatic rings. The van der Waals surface area contributed by atoms with Crippen LogP contribution in [0.15, 0.2) is 53.3 Å². The number of carbonyl (C=O) groups is 1. The van der Waals surface area contributed by atoms with E-state index in [1.54, 1.807) is 12.4 Å². The van der Waals surface area contributed by atoms with Crippen molar-refractivity contribution in [2.24, 2.45) is 0 Å². The molecule has 0 atom stereocenters. The monoisotopic (exact) mass is 281 g/mol. The summed E-state index contributed by atoms with van der Waals surface area (Å²) in [5.74, 6) is -0.0527. The van der Waals surface area contributed by atoms with Crippen LogP contribution in [-0.4, -0.2) is 22.6 Å². The molecule has 21 heavy (non-hydrogen) atoms. The van der Waals surface area contributed by atoms with E-state index < -0.39 is 0 Å². The topological polar surface area (TPSA) is 68.0 Å². The molecule has 2 heterocycles. The van der Waals surface area contributed by atoms with Crippen molar-refractivity contribution in [1.29, 1.82) is 0 Å². The molecule has 2 aromatic heterocycles. The van der Waals surface area contributed by atoms with Crippen molar-refractivity contribution in [2.45, 2.75) is 12.8 Å². The van der Waals surface area contributed by atoms with Gasteiger partial charge in [-0.25, -0.2) is 0 Å². The van der Waals surface area contributed by atoms with Gasteiger partial charge in [-0.2, -0.15) is 0 Å². The standard InChI is InChI=1S/C16H15N3O2/c20-16(18-10-7-12-5-8-17-9-6-12)11-14-13-3-1-2-4-15(13)21-19-14/h1-6,8-9H,7,10-11H2,(H,18,20). The number of rotatable bonds is 5. The average Bonchev–Trinajstić information content (AvgIpc) is 2.92. The lowest BCUT2D eigenvalue weighted by molar-refractivity contribution is -0.120. The number of amides is 1. The molecule has 0 saturated carbocycles. The van der Waals surface area contributed by atoms with Gasteiger partial charge in [-0.15, -0.1) is 0 Å². The molecule has 5 heteroatoms. The number of para-hydroxylation sites is 1. The van der Waals surface area contributed by atoms with Crippen LogP contribution in [0.4, 0.5) is 0 Å². The van der Waals surface area contributed by atoms with Crippen molar-refractivity contribution in [2.75, 3.05) is 6.54 Å². The molecule has 3 rings (SSSR count). The number of aromatic nitrogens is 2. The van der Waals surface area contributed by atoms with Gasteiger partial charge in [0.2, 0.25) is 5.91 Å². The molecular weight excluding hydrogens is 266 g/mol. The van der Waals surface area contributed by atoms with Crippen molar-refractivity contribution in [3.8, 4) is 0 Å². The Bertz CT molecular complexity index is 737. The zero-order chi connectivity index (χ0) is 14.5. The van der Waals surface area contributed by atoms with Crippen molar-refractivity contribution in [1.82, 2.24) is 15.5 Å². The van der Waals surface area contributed by atoms with Gasteiger partial charge in [0, 0.05) is 24.3 Å². The third-order valence-electron chi connectivity index (χ3n) is 3.27. The van der Waals surface area contributed by atoms with E-state index in [4.69, 9.17) is 4.52 Å². The van der Waals surface area contributed by atoms with Crippen LogP contribution in [0, 0.1) is 0 Å². The largest absolute Gasteiger partial charge is 0.356 e. The Labute approximate surface area is 122 Å². The van der Waals surface area contributed by atoms with Crippen LogP contribution >= 0.6 is 0 Å². The second-order valence-corrected chi connectivity index (χ2v) is 4.76. The van der Waals surface area contributed by atoms with E-state index >= 15 is 0 Å². The van der Waals surface area contributed by atoms with E-state index in [2.05, 4.69) is 15.5 Å². The zero-order valence-corrected chi connectivity index (χ0v) is 11.5. The highest BCUT2D eigenvalue weighted by Crippen LogP contribution is 2.17. The Balaban J connectivity index is 1.55. The van der Waals surface area contributed by atoms with Crippen molar-refractivity contribution >= 4 is 16.9 Å². The molecule has 5 nitrogen and oxygen atoms in total. The first-order valence-electron chi connectivity index (χ1n) is 6.82. The minimum absolute atomic E-state index is 0.0527. The van der Waals surface area contributed by atoms with Gasteiger partial charge < -0.3 is 9.84 Å². The number of nitrogens with zero attached hydrogens (tertiary/aromatic N) is 2. The molecule has 1 amide bonds. The molecule has 1 N–H and O–H groups in total. The molecule has 3 aromatic rings. The third kappa shape index (κ3) is 3.25. The van der Waals surface area contributed by atoms with Gasteiger partial charge in [0.1, 0.15) is 5.69 Å². The normalized spacial score (nSPS) is 10.7. The molecule has 0 bridgehead atoms. The van der Waals surface area contributed by atoms with Crippen LogP contribution in [0.1, 0.15) is 11.3 Å². The van der Waals surface area contributed by atoms with Crippen molar-refractivity contribution in [3.05, 3.63) is 60.0 Å². The highest BCUT2D eigenvalue weighted by atomic mass is 16.5. The third-order valence-corrected chi connectivity index (χ3v) is 3.27. The fourth-order valence-electron chi connectivity index (χ4n) is 2.18. The Morgan fingerprint density at radius 2 is 1.95 bits per heavy atom. The predicted octanol–water partition coefficient (Wildman–Crippen LogP) is 2.12. The molecule has 1 aromatic carbocycles. The number of pyridine rings is 1. The molecule has 0 saturated heterocycles. The van der Waals surface area contributed by atoms with Gasteiger partial charge >= 0.3 is 0 Å². The van der Waals surface area contributed by atoms with Crippen LogP contribution < -0.4 is 5.32 Å². The average molecular weight is 281 g/mol. The van der Waals surface area contributed by atoms with Crippen LogP contribution in [0.5, 0.6) is 0 Å². The number of nitrogens with one attached hydrogen (secondary N) is 1. The summed E-state index contributed by atoms with van der Waals surface area (Å²) in [5.41, 5.74) is 2.53. The summed E-state index contributed by atoms with van der Waals surface area (Å²) < 4.78 is 5.19. The molecule has 0 aliphatic heterocycles. The molecule has 0 unspecified atom stereocenters. The second-order valence-electron chi connectivity index (χ2n) is 4.76. The van der Waals surface area contributed by atoms with Gasteiger partial charge in [0.15, 0.2) is 5.58 Å². The van der Waals surface area contributed by atoms with E-state index in [1.165, 1.54) is 0 Å². The number of carbonyl (C=O) groups excluding carboxylic acids is 1. The van der Waals surface area contributed by atoms with Gasteiger partial charge in [-0.1, -0.05) is 17.3 Å². The highest BCUT2D eigenvalue weighted by Gasteiger charge is 2.11. The first-order chi connectivity index (χ1) is 10.3. The maximum Gasteiger partial charge on any atom is 0.226 e. The maximum atomic E-state index is 11.9. The number of hydrogen-bond acceptors (Lipinski definition) is 4. The maximum absolute atomic E-state index is 11.9. The first kappa shape index (κ1) is 13.3. The van der Waals surface area contributed by atoms with E-state index in [0.717, 1.165) is 17.4 Å². The fourth-order valence-corrected chi connectivity index (χ4v) is 2.18. The Hall–Kier alpha value is -2.69. The molecular formula is C16H15N3O2. The van der Waals surface area contributed by atoms with Gasteiger partial charge in [-0.3, -0.25) is 9.78 Å². The van der Waals surface area contributed by atoms with Crippen molar-refractivity contribution < 1.29 is 9.32 Å². The molecule has 0 spiro atoms. The van der Waals surface area contributed by atoms with E-state index in [9.17, 15) is 4.79 Å². The van der Waals surface area contributed by atoms with E-state index in [1.807, 2.05) is 36.4 Å².